The summed E-state index contributed by atoms with van der Waals surface area (Å²) in [6, 6.07) is 13.0. The van der Waals surface area contributed by atoms with E-state index in [1.807, 2.05) is 25.1 Å². The number of ketones is 1. The molecule has 9 heteroatoms. The molecule has 8 nitrogen and oxygen atoms in total. The van der Waals surface area contributed by atoms with Crippen LogP contribution in [0.2, 0.25) is 0 Å². The third-order valence-electron chi connectivity index (χ3n) is 6.15. The molecule has 2 N–H and O–H groups in total. The minimum absolute atomic E-state index is 0.0571. The number of ether oxygens (including phenoxy) is 4. The molecule has 0 radical (unpaired) electrons. The molecule has 4 rings (SSSR count). The van der Waals surface area contributed by atoms with Crippen LogP contribution >= 0.6 is 22.6 Å². The highest BCUT2D eigenvalue weighted by Gasteiger charge is 2.41. The highest BCUT2D eigenvalue weighted by molar-refractivity contribution is 14.1. The summed E-state index contributed by atoms with van der Waals surface area (Å²) in [5.41, 5.74) is 8.68. The summed E-state index contributed by atoms with van der Waals surface area (Å²) in [5.74, 6) is -0.0659. The Balaban J connectivity index is 1.80. The van der Waals surface area contributed by atoms with Crippen molar-refractivity contribution in [2.45, 2.75) is 45.6 Å². The number of halogens is 1. The molecule has 192 valence electrons. The van der Waals surface area contributed by atoms with Crippen LogP contribution in [0.5, 0.6) is 11.5 Å². The Hall–Kier alpha value is -3.52. The van der Waals surface area contributed by atoms with E-state index in [1.165, 1.54) is 0 Å². The average Bonchev–Trinajstić information content (AvgIpc) is 2.88. The minimum Gasteiger partial charge on any atom is -0.490 e. The number of Topliss-reactive ketones (excluding diaryl/α,β-unsaturated/α-hetero) is 1. The number of carbonyl (C=O) groups is 2. The maximum absolute atomic E-state index is 13.1. The predicted octanol–water partition coefficient (Wildman–Crippen LogP) is 4.99. The van der Waals surface area contributed by atoms with Gasteiger partial charge in [0.1, 0.15) is 17.9 Å². The maximum atomic E-state index is 13.1. The molecular formula is C28H27IN2O6. The maximum Gasteiger partial charge on any atom is 0.340 e. The molecule has 0 spiro atoms. The largest absolute Gasteiger partial charge is 0.490 e. The Labute approximate surface area is 229 Å². The fourth-order valence-electron chi connectivity index (χ4n) is 4.56. The molecule has 1 atom stereocenters. The van der Waals surface area contributed by atoms with Crippen molar-refractivity contribution in [1.29, 1.82) is 5.26 Å². The van der Waals surface area contributed by atoms with Crippen molar-refractivity contribution >= 4 is 34.3 Å². The zero-order valence-corrected chi connectivity index (χ0v) is 22.8. The number of allylic oxidation sites excluding steroid dienone is 2. The zero-order valence-electron chi connectivity index (χ0n) is 20.6. The normalized spacial score (nSPS) is 17.0. The number of rotatable bonds is 8. The second-order valence-electron chi connectivity index (χ2n) is 8.47. The summed E-state index contributed by atoms with van der Waals surface area (Å²) in [5, 5.41) is 9.41. The van der Waals surface area contributed by atoms with E-state index in [0.717, 1.165) is 5.56 Å². The summed E-state index contributed by atoms with van der Waals surface area (Å²) in [6.07, 6.45) is 1.58. The van der Waals surface area contributed by atoms with Crippen LogP contribution in [0, 0.1) is 14.9 Å². The number of hydrogen-bond acceptors (Lipinski definition) is 8. The Kier molecular flexibility index (Phi) is 8.38. The lowest BCUT2D eigenvalue weighted by Gasteiger charge is -2.32. The first-order chi connectivity index (χ1) is 17.9. The van der Waals surface area contributed by atoms with E-state index in [9.17, 15) is 14.9 Å². The van der Waals surface area contributed by atoms with Gasteiger partial charge in [-0.3, -0.25) is 4.79 Å². The summed E-state index contributed by atoms with van der Waals surface area (Å²) < 4.78 is 23.8. The number of nitrogens with zero attached hydrogens (tertiary/aromatic N) is 1. The van der Waals surface area contributed by atoms with Gasteiger partial charge >= 0.3 is 5.97 Å². The lowest BCUT2D eigenvalue weighted by molar-refractivity contribution is -0.139. The molecule has 1 aliphatic carbocycles. The molecule has 0 saturated carbocycles. The molecule has 0 fully saturated rings. The molecule has 0 unspecified atom stereocenters. The molecule has 0 saturated heterocycles. The van der Waals surface area contributed by atoms with E-state index in [2.05, 4.69) is 28.7 Å². The van der Waals surface area contributed by atoms with Crippen molar-refractivity contribution in [3.05, 3.63) is 79.4 Å². The quantitative estimate of drug-likeness (QED) is 0.326. The van der Waals surface area contributed by atoms with Gasteiger partial charge in [0.05, 0.1) is 34.3 Å². The number of nitriles is 1. The third-order valence-corrected chi connectivity index (χ3v) is 6.96. The number of nitrogens with two attached hydrogens (primary N) is 1. The fourth-order valence-corrected chi connectivity index (χ4v) is 5.34. The van der Waals surface area contributed by atoms with Gasteiger partial charge in [-0.2, -0.15) is 5.26 Å². The van der Waals surface area contributed by atoms with Crippen LogP contribution in [0.1, 0.15) is 55.7 Å². The first-order valence-corrected chi connectivity index (χ1v) is 13.1. The van der Waals surface area contributed by atoms with Crippen LogP contribution in [0.25, 0.3) is 0 Å². The van der Waals surface area contributed by atoms with Crippen molar-refractivity contribution < 1.29 is 28.5 Å². The smallest absolute Gasteiger partial charge is 0.340 e. The van der Waals surface area contributed by atoms with Gasteiger partial charge in [-0.1, -0.05) is 18.2 Å². The molecule has 0 aromatic heterocycles. The van der Waals surface area contributed by atoms with E-state index >= 15 is 0 Å². The van der Waals surface area contributed by atoms with Gasteiger partial charge in [0.2, 0.25) is 5.88 Å². The highest BCUT2D eigenvalue weighted by Crippen LogP contribution is 2.47. The van der Waals surface area contributed by atoms with Gasteiger partial charge in [0, 0.05) is 24.0 Å². The predicted molar refractivity (Wildman–Crippen MR) is 143 cm³/mol. The number of carbonyl (C=O) groups excluding carboxylic acids is 2. The summed E-state index contributed by atoms with van der Waals surface area (Å²) in [6.45, 7) is 4.26. The van der Waals surface area contributed by atoms with Crippen LogP contribution in [-0.4, -0.2) is 25.0 Å². The second kappa shape index (κ2) is 11.7. The number of benzene rings is 2. The van der Waals surface area contributed by atoms with Crippen LogP contribution < -0.4 is 15.2 Å². The fraction of sp³-hybridized carbons (Fsp3) is 0.321. The van der Waals surface area contributed by atoms with E-state index in [0.29, 0.717) is 63.4 Å². The summed E-state index contributed by atoms with van der Waals surface area (Å²) >= 11 is 2.14. The number of esters is 1. The standard InChI is InChI=1S/C28H27IN2O6/c1-3-34-22-13-18(12-19(29)26(22)36-15-17-9-6-5-8-16(17)14-30)23-24-20(32)10-7-11-21(24)37-27(31)25(23)28(33)35-4-2/h5-6,8-9,12-13,23H,3-4,7,10-11,15,31H2,1-2H3/t23-/m1/s1. The van der Waals surface area contributed by atoms with Crippen LogP contribution in [-0.2, 0) is 25.7 Å². The minimum atomic E-state index is -0.753. The molecule has 2 aliphatic rings. The summed E-state index contributed by atoms with van der Waals surface area (Å²) in [7, 11) is 0. The first kappa shape index (κ1) is 26.5. The van der Waals surface area contributed by atoms with Gasteiger partial charge in [-0.15, -0.1) is 0 Å². The van der Waals surface area contributed by atoms with Crippen LogP contribution in [0.15, 0.2) is 59.2 Å². The van der Waals surface area contributed by atoms with Gasteiger partial charge in [0.25, 0.3) is 0 Å². The first-order valence-electron chi connectivity index (χ1n) is 12.1. The topological polar surface area (TPSA) is 121 Å². The average molecular weight is 614 g/mol. The van der Waals surface area contributed by atoms with Gasteiger partial charge in [0.15, 0.2) is 17.3 Å². The van der Waals surface area contributed by atoms with E-state index in [-0.39, 0.29) is 30.5 Å². The van der Waals surface area contributed by atoms with Crippen molar-refractivity contribution in [3.8, 4) is 17.6 Å². The molecule has 0 amide bonds. The monoisotopic (exact) mass is 614 g/mol. The van der Waals surface area contributed by atoms with Gasteiger partial charge in [-0.25, -0.2) is 4.79 Å². The summed E-state index contributed by atoms with van der Waals surface area (Å²) in [4.78, 5) is 26.1. The van der Waals surface area contributed by atoms with Crippen molar-refractivity contribution in [1.82, 2.24) is 0 Å². The van der Waals surface area contributed by atoms with Gasteiger partial charge < -0.3 is 24.7 Å². The lowest BCUT2D eigenvalue weighted by Crippen LogP contribution is -2.31. The molecule has 1 heterocycles. The lowest BCUT2D eigenvalue weighted by atomic mass is 9.77. The highest BCUT2D eigenvalue weighted by atomic mass is 127. The molecule has 1 aliphatic heterocycles. The van der Waals surface area contributed by atoms with Crippen molar-refractivity contribution in [2.75, 3.05) is 13.2 Å². The van der Waals surface area contributed by atoms with Crippen molar-refractivity contribution in [3.63, 3.8) is 0 Å². The van der Waals surface area contributed by atoms with Crippen LogP contribution in [0.3, 0.4) is 0 Å². The molecule has 37 heavy (non-hydrogen) atoms. The Morgan fingerprint density at radius 3 is 2.70 bits per heavy atom. The molecule has 2 aromatic carbocycles. The Morgan fingerprint density at radius 1 is 1.19 bits per heavy atom. The Morgan fingerprint density at radius 2 is 1.97 bits per heavy atom. The SMILES string of the molecule is CCOC(=O)C1=C(N)OC2=C(C(=O)CCC2)[C@H]1c1cc(I)c(OCc2ccccc2C#N)c(OCC)c1. The molecule has 0 bridgehead atoms. The second-order valence-corrected chi connectivity index (χ2v) is 9.63. The van der Waals surface area contributed by atoms with E-state index < -0.39 is 11.9 Å². The van der Waals surface area contributed by atoms with Gasteiger partial charge in [-0.05, 0) is 66.6 Å². The van der Waals surface area contributed by atoms with Crippen molar-refractivity contribution in [2.24, 2.45) is 5.73 Å². The van der Waals surface area contributed by atoms with Crippen LogP contribution in [0.4, 0.5) is 0 Å². The third kappa shape index (κ3) is 5.44. The van der Waals surface area contributed by atoms with E-state index in [1.54, 1.807) is 25.1 Å². The molecule has 2 aromatic rings. The number of hydrogen-bond donors (Lipinski definition) is 1. The Bertz CT molecular complexity index is 1340. The zero-order chi connectivity index (χ0) is 26.5. The molecular weight excluding hydrogens is 587 g/mol. The van der Waals surface area contributed by atoms with E-state index in [4.69, 9.17) is 24.7 Å².